The molecular weight excluding hydrogens is 352 g/mol. The Kier molecular flexibility index (Phi) is 6.08. The summed E-state index contributed by atoms with van der Waals surface area (Å²) in [5.41, 5.74) is 3.01. The van der Waals surface area contributed by atoms with Gasteiger partial charge in [0.05, 0.1) is 6.07 Å². The van der Waals surface area contributed by atoms with Gasteiger partial charge >= 0.3 is 0 Å². The van der Waals surface area contributed by atoms with E-state index in [0.717, 1.165) is 50.0 Å². The summed E-state index contributed by atoms with van der Waals surface area (Å²) in [6.45, 7) is 3.13. The lowest BCUT2D eigenvalue weighted by Crippen LogP contribution is -2.46. The molecule has 0 aromatic heterocycles. The minimum Gasteiger partial charge on any atom is -0.303 e. The molecule has 1 fully saturated rings. The Balaban J connectivity index is 1.62. The molecule has 1 saturated heterocycles. The maximum absolute atomic E-state index is 10.6. The van der Waals surface area contributed by atoms with Crippen LogP contribution in [-0.2, 0) is 11.8 Å². The van der Waals surface area contributed by atoms with Crippen LogP contribution in [0.15, 0.2) is 91.0 Å². The fraction of sp³-hybridized carbons (Fsp3) is 0.296. The van der Waals surface area contributed by atoms with Crippen LogP contribution in [-0.4, -0.2) is 24.5 Å². The second kappa shape index (κ2) is 9.07. The number of nitriles is 1. The summed E-state index contributed by atoms with van der Waals surface area (Å²) in [6.07, 6.45) is 3.28. The molecule has 0 saturated carbocycles. The summed E-state index contributed by atoms with van der Waals surface area (Å²) in [6, 6.07) is 34.3. The van der Waals surface area contributed by atoms with Crippen LogP contribution >= 0.6 is 0 Å². The molecule has 0 aliphatic carbocycles. The van der Waals surface area contributed by atoms with Crippen LogP contribution in [0.5, 0.6) is 0 Å². The van der Waals surface area contributed by atoms with E-state index in [-0.39, 0.29) is 5.92 Å². The van der Waals surface area contributed by atoms with Crippen molar-refractivity contribution in [3.8, 4) is 6.07 Å². The van der Waals surface area contributed by atoms with E-state index in [1.165, 1.54) is 5.56 Å². The van der Waals surface area contributed by atoms with Crippen molar-refractivity contribution in [1.29, 1.82) is 5.26 Å². The largest absolute Gasteiger partial charge is 0.303 e. The monoisotopic (exact) mass is 380 g/mol. The lowest BCUT2D eigenvalue weighted by atomic mass is 9.64. The van der Waals surface area contributed by atoms with E-state index in [2.05, 4.69) is 89.8 Å². The Morgan fingerprint density at radius 3 is 1.93 bits per heavy atom. The van der Waals surface area contributed by atoms with Gasteiger partial charge < -0.3 is 4.90 Å². The smallest absolute Gasteiger partial charge is 0.111 e. The minimum absolute atomic E-state index is 0.279. The molecule has 0 spiro atoms. The van der Waals surface area contributed by atoms with E-state index < -0.39 is 5.41 Å². The van der Waals surface area contributed by atoms with Gasteiger partial charge in [0, 0.05) is 13.1 Å². The molecule has 0 bridgehead atoms. The molecule has 1 atom stereocenters. The predicted octanol–water partition coefficient (Wildman–Crippen LogP) is 5.45. The van der Waals surface area contributed by atoms with Crippen LogP contribution < -0.4 is 0 Å². The molecule has 0 unspecified atom stereocenters. The van der Waals surface area contributed by atoms with Gasteiger partial charge in [0.1, 0.15) is 5.41 Å². The van der Waals surface area contributed by atoms with E-state index in [1.807, 2.05) is 12.1 Å². The standard InChI is InChI=1S/C27H28N2/c28-22-27(24-13-6-2-7-14-24,25-15-8-3-9-16-25)26-17-10-19-29(21-26)20-18-23-11-4-1-5-12-23/h1-9,11-16,26H,10,17-21H2/t26-/m0/s1. The highest BCUT2D eigenvalue weighted by Gasteiger charge is 2.44. The van der Waals surface area contributed by atoms with Gasteiger partial charge in [-0.2, -0.15) is 5.26 Å². The molecule has 1 aliphatic rings. The molecule has 2 nitrogen and oxygen atoms in total. The Morgan fingerprint density at radius 1 is 0.828 bits per heavy atom. The zero-order valence-corrected chi connectivity index (χ0v) is 16.9. The first-order valence-electron chi connectivity index (χ1n) is 10.6. The van der Waals surface area contributed by atoms with Crippen LogP contribution in [0, 0.1) is 17.2 Å². The Hall–Kier alpha value is -2.89. The van der Waals surface area contributed by atoms with Crippen molar-refractivity contribution >= 4 is 0 Å². The molecule has 29 heavy (non-hydrogen) atoms. The molecule has 2 heteroatoms. The summed E-state index contributed by atoms with van der Waals surface area (Å²) in [7, 11) is 0. The van der Waals surface area contributed by atoms with E-state index in [9.17, 15) is 5.26 Å². The van der Waals surface area contributed by atoms with Crippen molar-refractivity contribution in [1.82, 2.24) is 4.90 Å². The Bertz CT molecular complexity index is 889. The summed E-state index contributed by atoms with van der Waals surface area (Å²) in [5, 5.41) is 10.6. The third-order valence-electron chi connectivity index (χ3n) is 6.31. The van der Waals surface area contributed by atoms with E-state index in [4.69, 9.17) is 0 Å². The average Bonchev–Trinajstić information content (AvgIpc) is 2.81. The molecule has 0 amide bonds. The van der Waals surface area contributed by atoms with E-state index in [0.29, 0.717) is 0 Å². The van der Waals surface area contributed by atoms with Gasteiger partial charge in [-0.15, -0.1) is 0 Å². The van der Waals surface area contributed by atoms with Crippen molar-refractivity contribution in [3.05, 3.63) is 108 Å². The highest BCUT2D eigenvalue weighted by molar-refractivity contribution is 5.47. The lowest BCUT2D eigenvalue weighted by molar-refractivity contribution is 0.148. The molecule has 3 aromatic carbocycles. The highest BCUT2D eigenvalue weighted by Crippen LogP contribution is 2.42. The summed E-state index contributed by atoms with van der Waals surface area (Å²) >= 11 is 0. The zero-order chi connectivity index (χ0) is 19.9. The normalized spacial score (nSPS) is 17.6. The van der Waals surface area contributed by atoms with Crippen molar-refractivity contribution in [2.24, 2.45) is 5.92 Å². The second-order valence-corrected chi connectivity index (χ2v) is 8.03. The molecule has 3 aromatic rings. The van der Waals surface area contributed by atoms with Gasteiger partial charge in [-0.3, -0.25) is 0 Å². The lowest BCUT2D eigenvalue weighted by Gasteiger charge is -2.42. The van der Waals surface area contributed by atoms with Crippen molar-refractivity contribution in [3.63, 3.8) is 0 Å². The first-order chi connectivity index (χ1) is 14.3. The second-order valence-electron chi connectivity index (χ2n) is 8.03. The van der Waals surface area contributed by atoms with Crippen molar-refractivity contribution in [2.75, 3.05) is 19.6 Å². The molecule has 1 heterocycles. The molecule has 1 aliphatic heterocycles. The predicted molar refractivity (Wildman–Crippen MR) is 119 cm³/mol. The van der Waals surface area contributed by atoms with Gasteiger partial charge in [0.15, 0.2) is 0 Å². The van der Waals surface area contributed by atoms with Crippen LogP contribution in [0.1, 0.15) is 29.5 Å². The maximum Gasteiger partial charge on any atom is 0.111 e. The first-order valence-corrected chi connectivity index (χ1v) is 10.6. The Labute approximate surface area is 174 Å². The number of hydrogen-bond acceptors (Lipinski definition) is 2. The third-order valence-corrected chi connectivity index (χ3v) is 6.31. The average molecular weight is 381 g/mol. The van der Waals surface area contributed by atoms with E-state index in [1.54, 1.807) is 0 Å². The first kappa shape index (κ1) is 19.4. The highest BCUT2D eigenvalue weighted by atomic mass is 15.1. The summed E-state index contributed by atoms with van der Waals surface area (Å²) in [5.74, 6) is 0.279. The maximum atomic E-state index is 10.6. The number of nitrogens with zero attached hydrogens (tertiary/aromatic N) is 2. The number of piperidine rings is 1. The SMILES string of the molecule is N#CC(c1ccccc1)(c1ccccc1)[C@H]1CCCN(CCc2ccccc2)C1. The topological polar surface area (TPSA) is 27.0 Å². The van der Waals surface area contributed by atoms with Gasteiger partial charge in [0.2, 0.25) is 0 Å². The Morgan fingerprint density at radius 2 is 1.38 bits per heavy atom. The molecular formula is C27H28N2. The number of rotatable bonds is 6. The summed E-state index contributed by atoms with van der Waals surface area (Å²) < 4.78 is 0. The van der Waals surface area contributed by atoms with Gasteiger partial charge in [-0.1, -0.05) is 91.0 Å². The molecule has 4 rings (SSSR count). The van der Waals surface area contributed by atoms with Crippen LogP contribution in [0.3, 0.4) is 0 Å². The van der Waals surface area contributed by atoms with Gasteiger partial charge in [-0.05, 0) is 48.4 Å². The number of likely N-dealkylation sites (tertiary alicyclic amines) is 1. The summed E-state index contributed by atoms with van der Waals surface area (Å²) in [4.78, 5) is 2.55. The molecule has 0 N–H and O–H groups in total. The van der Waals surface area contributed by atoms with Gasteiger partial charge in [-0.25, -0.2) is 0 Å². The van der Waals surface area contributed by atoms with Crippen molar-refractivity contribution < 1.29 is 0 Å². The van der Waals surface area contributed by atoms with Crippen LogP contribution in [0.2, 0.25) is 0 Å². The number of benzene rings is 3. The minimum atomic E-state index is -0.603. The number of hydrogen-bond donors (Lipinski definition) is 0. The molecule has 146 valence electrons. The van der Waals surface area contributed by atoms with E-state index >= 15 is 0 Å². The molecule has 0 radical (unpaired) electrons. The zero-order valence-electron chi connectivity index (χ0n) is 16.9. The quantitative estimate of drug-likeness (QED) is 0.568. The third kappa shape index (κ3) is 4.11. The van der Waals surface area contributed by atoms with Crippen LogP contribution in [0.25, 0.3) is 0 Å². The van der Waals surface area contributed by atoms with Crippen LogP contribution in [0.4, 0.5) is 0 Å². The fourth-order valence-electron chi connectivity index (χ4n) is 4.80. The fourth-order valence-corrected chi connectivity index (χ4v) is 4.80. The van der Waals surface area contributed by atoms with Crippen molar-refractivity contribution in [2.45, 2.75) is 24.7 Å². The van der Waals surface area contributed by atoms with Gasteiger partial charge in [0.25, 0.3) is 0 Å².